The molecular weight excluding hydrogens is 587 g/mol. The van der Waals surface area contributed by atoms with E-state index in [2.05, 4.69) is 141 Å². The molecule has 5 heteroatoms. The Labute approximate surface area is 276 Å². The zero-order chi connectivity index (χ0) is 31.6. The van der Waals surface area contributed by atoms with Crippen LogP contribution in [0.1, 0.15) is 11.1 Å². The quantitative estimate of drug-likeness (QED) is 0.178. The van der Waals surface area contributed by atoms with E-state index in [1.54, 1.807) is 0 Å². The van der Waals surface area contributed by atoms with E-state index >= 15 is 0 Å². The third-order valence-corrected chi connectivity index (χ3v) is 9.40. The van der Waals surface area contributed by atoms with Crippen molar-refractivity contribution in [3.8, 4) is 11.5 Å². The van der Waals surface area contributed by atoms with Gasteiger partial charge >= 0.3 is 0 Å². The molecule has 48 heavy (non-hydrogen) atoms. The molecule has 0 radical (unpaired) electrons. The first-order valence-electron chi connectivity index (χ1n) is 16.2. The van der Waals surface area contributed by atoms with Gasteiger partial charge in [0, 0.05) is 27.2 Å². The molecule has 3 aromatic heterocycles. The summed E-state index contributed by atoms with van der Waals surface area (Å²) < 4.78 is 6.87. The second-order valence-corrected chi connectivity index (χ2v) is 12.1. The third-order valence-electron chi connectivity index (χ3n) is 9.40. The highest BCUT2D eigenvalue weighted by Crippen LogP contribution is 2.39. The summed E-state index contributed by atoms with van der Waals surface area (Å²) in [6.45, 7) is 0. The van der Waals surface area contributed by atoms with Crippen LogP contribution in [0.2, 0.25) is 0 Å². The average Bonchev–Trinajstić information content (AvgIpc) is 3.64. The Morgan fingerprint density at radius 1 is 0.438 bits per heavy atom. The lowest BCUT2D eigenvalue weighted by atomic mass is 10.1. The fraction of sp³-hybridized carbons (Fsp3) is 0. The molecule has 9 aromatic rings. The Morgan fingerprint density at radius 3 is 1.65 bits per heavy atom. The second-order valence-electron chi connectivity index (χ2n) is 12.1. The first-order valence-corrected chi connectivity index (χ1v) is 16.2. The number of benzene rings is 6. The van der Waals surface area contributed by atoms with Crippen molar-refractivity contribution >= 4 is 61.0 Å². The van der Waals surface area contributed by atoms with Crippen molar-refractivity contribution in [1.29, 1.82) is 0 Å². The zero-order valence-electron chi connectivity index (χ0n) is 25.9. The number of nitrogens with zero attached hydrogens (tertiary/aromatic N) is 5. The highest BCUT2D eigenvalue weighted by Gasteiger charge is 2.33. The largest absolute Gasteiger partial charge is 0.309 e. The molecule has 0 bridgehead atoms. The Balaban J connectivity index is 1.18. The van der Waals surface area contributed by atoms with Gasteiger partial charge in [0.05, 0.1) is 39.4 Å². The summed E-state index contributed by atoms with van der Waals surface area (Å²) in [7, 11) is 0. The van der Waals surface area contributed by atoms with Crippen molar-refractivity contribution < 1.29 is 4.58 Å². The first-order chi connectivity index (χ1) is 23.8. The molecule has 0 amide bonds. The van der Waals surface area contributed by atoms with E-state index in [0.29, 0.717) is 0 Å². The Bertz CT molecular complexity index is 2740. The van der Waals surface area contributed by atoms with E-state index < -0.39 is 0 Å². The molecule has 10 rings (SSSR count). The van der Waals surface area contributed by atoms with Gasteiger partial charge in [-0.25, -0.2) is 4.98 Å². The summed E-state index contributed by atoms with van der Waals surface area (Å²) in [5.74, 6) is 2.70. The molecule has 0 saturated heterocycles. The van der Waals surface area contributed by atoms with Gasteiger partial charge < -0.3 is 4.57 Å². The van der Waals surface area contributed by atoms with Crippen molar-refractivity contribution in [2.24, 2.45) is 4.99 Å². The molecule has 4 heterocycles. The van der Waals surface area contributed by atoms with Crippen LogP contribution in [-0.4, -0.2) is 30.4 Å². The highest BCUT2D eigenvalue weighted by atomic mass is 15.2. The Morgan fingerprint density at radius 2 is 1.00 bits per heavy atom. The summed E-state index contributed by atoms with van der Waals surface area (Å²) in [5.41, 5.74) is 8.87. The summed E-state index contributed by atoms with van der Waals surface area (Å²) in [5, 5.41) is 4.90. The van der Waals surface area contributed by atoms with Crippen molar-refractivity contribution in [2.75, 3.05) is 0 Å². The zero-order valence-corrected chi connectivity index (χ0v) is 25.9. The van der Waals surface area contributed by atoms with Crippen molar-refractivity contribution in [3.63, 3.8) is 0 Å². The van der Waals surface area contributed by atoms with Gasteiger partial charge in [0.15, 0.2) is 0 Å². The van der Waals surface area contributed by atoms with Crippen LogP contribution in [-0.2, 0) is 0 Å². The predicted octanol–water partition coefficient (Wildman–Crippen LogP) is 9.83. The van der Waals surface area contributed by atoms with Crippen LogP contribution in [0.3, 0.4) is 0 Å². The molecule has 1 aliphatic rings. The summed E-state index contributed by atoms with van der Waals surface area (Å²) in [6, 6.07) is 57.6. The number of hydrogen-bond donors (Lipinski definition) is 0. The molecule has 0 unspecified atom stereocenters. The maximum absolute atomic E-state index is 5.13. The molecule has 0 fully saturated rings. The Kier molecular flexibility index (Phi) is 5.81. The van der Waals surface area contributed by atoms with E-state index in [-0.39, 0.29) is 0 Å². The van der Waals surface area contributed by atoms with E-state index in [9.17, 15) is 0 Å². The molecular formula is C43H28N5+. The van der Waals surface area contributed by atoms with Gasteiger partial charge in [-0.1, -0.05) is 96.0 Å². The van der Waals surface area contributed by atoms with Gasteiger partial charge in [0.1, 0.15) is 11.5 Å². The minimum Gasteiger partial charge on any atom is -0.309 e. The number of rotatable bonds is 5. The number of aliphatic imine (C=N–C) groups is 1. The van der Waals surface area contributed by atoms with Crippen LogP contribution in [0.4, 0.5) is 5.69 Å². The van der Waals surface area contributed by atoms with Crippen molar-refractivity contribution in [3.05, 3.63) is 181 Å². The maximum atomic E-state index is 5.13. The van der Waals surface area contributed by atoms with E-state index in [0.717, 1.165) is 51.0 Å². The van der Waals surface area contributed by atoms with E-state index in [1.165, 1.54) is 32.6 Å². The highest BCUT2D eigenvalue weighted by molar-refractivity contribution is 6.19. The minimum atomic E-state index is 0.867. The normalized spacial score (nSPS) is 13.0. The number of para-hydroxylation sites is 3. The molecule has 0 saturated carbocycles. The number of amidine groups is 2. The van der Waals surface area contributed by atoms with Crippen molar-refractivity contribution in [2.45, 2.75) is 0 Å². The molecule has 0 atom stereocenters. The lowest BCUT2D eigenvalue weighted by Crippen LogP contribution is -2.34. The standard InChI is InChI=1S/C43H28N5/c1-4-14-29(15-5-1)42-45-43(30-16-6-2-7-17-30)47(42)32-24-25-41(44-28-32)48-38-23-13-11-21-34(38)36-26-35-33-20-10-12-22-37(33)46(39(35)27-40(36)48)31-18-8-3-9-19-31/h1-28H/q+1. The molecule has 1 aliphatic heterocycles. The number of fused-ring (bicyclic) bond motifs is 6. The van der Waals surface area contributed by atoms with Crippen LogP contribution < -0.4 is 0 Å². The fourth-order valence-electron chi connectivity index (χ4n) is 7.24. The summed E-state index contributed by atoms with van der Waals surface area (Å²) >= 11 is 0. The Hall–Kier alpha value is -6.59. The second kappa shape index (κ2) is 10.5. The van der Waals surface area contributed by atoms with Crippen LogP contribution in [0.5, 0.6) is 0 Å². The first kappa shape index (κ1) is 26.6. The van der Waals surface area contributed by atoms with Gasteiger partial charge in [-0.2, -0.15) is 4.58 Å². The number of aromatic nitrogens is 3. The van der Waals surface area contributed by atoms with Gasteiger partial charge in [-0.3, -0.25) is 4.57 Å². The monoisotopic (exact) mass is 614 g/mol. The van der Waals surface area contributed by atoms with Gasteiger partial charge in [-0.15, -0.1) is 0 Å². The van der Waals surface area contributed by atoms with E-state index in [4.69, 9.17) is 9.98 Å². The molecule has 5 nitrogen and oxygen atoms in total. The van der Waals surface area contributed by atoms with Gasteiger partial charge in [0.2, 0.25) is 0 Å². The summed E-state index contributed by atoms with van der Waals surface area (Å²) in [6.07, 6.45) is 1.97. The third kappa shape index (κ3) is 3.94. The molecule has 0 spiro atoms. The number of pyridine rings is 1. The molecule has 0 aliphatic carbocycles. The summed E-state index contributed by atoms with van der Waals surface area (Å²) in [4.78, 5) is 10.1. The number of hydrogen-bond acceptors (Lipinski definition) is 2. The van der Waals surface area contributed by atoms with Gasteiger partial charge in [0.25, 0.3) is 11.7 Å². The molecule has 224 valence electrons. The lowest BCUT2D eigenvalue weighted by Gasteiger charge is -2.19. The minimum absolute atomic E-state index is 0.867. The lowest BCUT2D eigenvalue weighted by molar-refractivity contribution is -0.319. The predicted molar refractivity (Wildman–Crippen MR) is 196 cm³/mol. The maximum Gasteiger partial charge on any atom is 0.279 e. The fourth-order valence-corrected chi connectivity index (χ4v) is 7.24. The van der Waals surface area contributed by atoms with E-state index in [1.807, 2.05) is 42.6 Å². The van der Waals surface area contributed by atoms with Crippen LogP contribution in [0, 0.1) is 0 Å². The van der Waals surface area contributed by atoms with Gasteiger partial charge in [-0.05, 0) is 72.8 Å². The molecule has 0 N–H and O–H groups in total. The van der Waals surface area contributed by atoms with Crippen LogP contribution >= 0.6 is 0 Å². The SMILES string of the molecule is c1ccc(C2=NC(c3ccccc3)=[N+]2c2ccc(-n3c4ccccc4c4cc5c6ccccc6n(-c6ccccc6)c5cc43)nc2)cc1. The topological polar surface area (TPSA) is 38.1 Å². The average molecular weight is 615 g/mol. The van der Waals surface area contributed by atoms with Crippen LogP contribution in [0.25, 0.3) is 55.1 Å². The van der Waals surface area contributed by atoms with Crippen LogP contribution in [0.15, 0.2) is 175 Å². The smallest absolute Gasteiger partial charge is 0.279 e. The van der Waals surface area contributed by atoms with Crippen molar-refractivity contribution in [1.82, 2.24) is 14.1 Å². The molecule has 6 aromatic carbocycles.